The second kappa shape index (κ2) is 8.66. The summed E-state index contributed by atoms with van der Waals surface area (Å²) in [6.45, 7) is 0. The summed E-state index contributed by atoms with van der Waals surface area (Å²) in [5.74, 6) is -2.42. The van der Waals surface area contributed by atoms with Gasteiger partial charge in [0.15, 0.2) is 6.29 Å². The lowest BCUT2D eigenvalue weighted by Crippen LogP contribution is -2.14. The highest BCUT2D eigenvalue weighted by Gasteiger charge is 2.17. The Morgan fingerprint density at radius 2 is 1.15 bits per heavy atom. The first-order valence-corrected chi connectivity index (χ1v) is 7.61. The van der Waals surface area contributed by atoms with Crippen LogP contribution in [0.4, 0.5) is 0 Å². The van der Waals surface area contributed by atoms with Crippen molar-refractivity contribution in [1.29, 1.82) is 0 Å². The van der Waals surface area contributed by atoms with E-state index in [1.165, 1.54) is 42.5 Å². The monoisotopic (exact) mass is 352 g/mol. The van der Waals surface area contributed by atoms with Crippen molar-refractivity contribution < 1.29 is 29.7 Å². The number of ketones is 2. The van der Waals surface area contributed by atoms with Gasteiger partial charge in [-0.05, 0) is 23.3 Å². The molecule has 0 aliphatic rings. The molecule has 2 rings (SSSR count). The quantitative estimate of drug-likeness (QED) is 0.305. The molecule has 132 valence electrons. The fourth-order valence-corrected chi connectivity index (χ4v) is 2.12. The first-order valence-electron chi connectivity index (χ1n) is 7.61. The normalized spacial score (nSPS) is 11.3. The molecule has 0 aromatic heterocycles. The first-order chi connectivity index (χ1) is 12.4. The molecule has 0 amide bonds. The number of hydrogen-bond donors (Lipinski definition) is 3. The average molecular weight is 352 g/mol. The van der Waals surface area contributed by atoms with Crippen LogP contribution in [0.3, 0.4) is 0 Å². The van der Waals surface area contributed by atoms with Crippen LogP contribution in [0.5, 0.6) is 0 Å². The van der Waals surface area contributed by atoms with Gasteiger partial charge in [-0.3, -0.25) is 9.59 Å². The van der Waals surface area contributed by atoms with E-state index in [9.17, 15) is 14.4 Å². The van der Waals surface area contributed by atoms with Crippen LogP contribution in [0.1, 0.15) is 31.8 Å². The number of carboxylic acid groups (broad SMARTS) is 1. The van der Waals surface area contributed by atoms with Gasteiger partial charge in [0.1, 0.15) is 0 Å². The Hall–Kier alpha value is -3.35. The average Bonchev–Trinajstić information content (AvgIpc) is 2.64. The number of carboxylic acids is 1. The summed E-state index contributed by atoms with van der Waals surface area (Å²) in [6, 6.07) is 12.1. The van der Waals surface area contributed by atoms with Crippen molar-refractivity contribution in [2.24, 2.45) is 0 Å². The van der Waals surface area contributed by atoms with Crippen molar-refractivity contribution in [3.8, 4) is 0 Å². The van der Waals surface area contributed by atoms with E-state index in [2.05, 4.69) is 0 Å². The highest BCUT2D eigenvalue weighted by atomic mass is 16.5. The fourth-order valence-electron chi connectivity index (χ4n) is 2.12. The molecule has 0 heterocycles. The molecular formula is C20H16O6. The number of aliphatic hydroxyl groups is 2. The van der Waals surface area contributed by atoms with Crippen molar-refractivity contribution >= 4 is 29.7 Å². The smallest absolute Gasteiger partial charge is 0.328 e. The van der Waals surface area contributed by atoms with Crippen LogP contribution in [0.2, 0.25) is 0 Å². The van der Waals surface area contributed by atoms with Gasteiger partial charge in [0.05, 0.1) is 0 Å². The van der Waals surface area contributed by atoms with Crippen molar-refractivity contribution in [3.63, 3.8) is 0 Å². The summed E-state index contributed by atoms with van der Waals surface area (Å²) in [5.41, 5.74) is 1.66. The predicted molar refractivity (Wildman–Crippen MR) is 95.5 cm³/mol. The van der Waals surface area contributed by atoms with Crippen LogP contribution < -0.4 is 0 Å². The summed E-state index contributed by atoms with van der Waals surface area (Å²) in [4.78, 5) is 35.0. The maximum absolute atomic E-state index is 12.3. The Morgan fingerprint density at radius 3 is 1.54 bits per heavy atom. The van der Waals surface area contributed by atoms with Gasteiger partial charge in [0.25, 0.3) is 0 Å². The third kappa shape index (κ3) is 5.34. The molecule has 0 atom stereocenters. The molecule has 6 heteroatoms. The number of Topliss-reactive ketones (excluding diaryl/α,β-unsaturated/α-hetero) is 2. The minimum absolute atomic E-state index is 0.204. The zero-order valence-corrected chi connectivity index (χ0v) is 13.6. The zero-order chi connectivity index (χ0) is 19.1. The molecule has 26 heavy (non-hydrogen) atoms. The van der Waals surface area contributed by atoms with Gasteiger partial charge in [-0.25, -0.2) is 4.79 Å². The maximum atomic E-state index is 12.3. The molecule has 0 spiro atoms. The standard InChI is InChI=1S/C20H16O6/c21-17(22)11-5-13-1-7-15(8-2-13)19(25)20(26)16-9-3-14(4-10-16)6-12-18(23)24/h1-12,17,21-22H,(H,23,24)/b11-5+,12-6+. The summed E-state index contributed by atoms with van der Waals surface area (Å²) < 4.78 is 0. The highest BCUT2D eigenvalue weighted by Crippen LogP contribution is 2.12. The minimum atomic E-state index is -1.56. The van der Waals surface area contributed by atoms with Gasteiger partial charge in [0, 0.05) is 17.2 Å². The summed E-state index contributed by atoms with van der Waals surface area (Å²) in [7, 11) is 0. The number of aliphatic carboxylic acids is 1. The molecule has 0 aliphatic carbocycles. The number of aliphatic hydroxyl groups excluding tert-OH is 1. The molecule has 3 N–H and O–H groups in total. The summed E-state index contributed by atoms with van der Waals surface area (Å²) in [6.07, 6.45) is 3.44. The molecule has 0 radical (unpaired) electrons. The Bertz CT molecular complexity index is 858. The van der Waals surface area contributed by atoms with Crippen LogP contribution in [0.15, 0.2) is 60.7 Å². The van der Waals surface area contributed by atoms with Gasteiger partial charge in [-0.2, -0.15) is 0 Å². The van der Waals surface area contributed by atoms with Gasteiger partial charge in [-0.1, -0.05) is 54.6 Å². The van der Waals surface area contributed by atoms with E-state index in [-0.39, 0.29) is 11.1 Å². The van der Waals surface area contributed by atoms with Crippen LogP contribution >= 0.6 is 0 Å². The van der Waals surface area contributed by atoms with Crippen molar-refractivity contribution in [3.05, 3.63) is 82.9 Å². The molecule has 0 fully saturated rings. The van der Waals surface area contributed by atoms with Gasteiger partial charge in [0.2, 0.25) is 11.6 Å². The SMILES string of the molecule is O=C(O)/C=C/c1ccc(C(=O)C(=O)c2ccc(/C=C/C(O)O)cc2)cc1. The number of hydrogen-bond acceptors (Lipinski definition) is 5. The fraction of sp³-hybridized carbons (Fsp3) is 0.0500. The first kappa shape index (κ1) is 19.0. The van der Waals surface area contributed by atoms with E-state index in [0.717, 1.165) is 6.08 Å². The molecule has 0 saturated heterocycles. The number of benzene rings is 2. The number of carbonyl (C=O) groups excluding carboxylic acids is 2. The molecular weight excluding hydrogens is 336 g/mol. The van der Waals surface area contributed by atoms with E-state index in [1.54, 1.807) is 24.3 Å². The molecule has 2 aromatic rings. The predicted octanol–water partition coefficient (Wildman–Crippen LogP) is 2.17. The van der Waals surface area contributed by atoms with Gasteiger partial charge in [-0.15, -0.1) is 0 Å². The Morgan fingerprint density at radius 1 is 0.731 bits per heavy atom. The van der Waals surface area contributed by atoms with E-state index < -0.39 is 23.8 Å². The molecule has 0 unspecified atom stereocenters. The lowest BCUT2D eigenvalue weighted by atomic mass is 9.99. The third-order valence-corrected chi connectivity index (χ3v) is 3.43. The van der Waals surface area contributed by atoms with Crippen LogP contribution in [-0.4, -0.2) is 39.1 Å². The van der Waals surface area contributed by atoms with E-state index >= 15 is 0 Å². The van der Waals surface area contributed by atoms with E-state index in [0.29, 0.717) is 11.1 Å². The van der Waals surface area contributed by atoms with Gasteiger partial charge < -0.3 is 15.3 Å². The molecule has 0 aliphatic heterocycles. The van der Waals surface area contributed by atoms with Gasteiger partial charge >= 0.3 is 5.97 Å². The lowest BCUT2D eigenvalue weighted by Gasteiger charge is -2.03. The number of rotatable bonds is 7. The Balaban J connectivity index is 2.11. The van der Waals surface area contributed by atoms with E-state index in [4.69, 9.17) is 15.3 Å². The highest BCUT2D eigenvalue weighted by molar-refractivity contribution is 6.49. The Kier molecular flexibility index (Phi) is 6.32. The topological polar surface area (TPSA) is 112 Å². The largest absolute Gasteiger partial charge is 0.478 e. The van der Waals surface area contributed by atoms with Crippen LogP contribution in [0, 0.1) is 0 Å². The minimum Gasteiger partial charge on any atom is -0.478 e. The Labute approximate surface area is 149 Å². The number of carbonyl (C=O) groups is 3. The second-order valence-corrected chi connectivity index (χ2v) is 5.35. The molecule has 2 aromatic carbocycles. The van der Waals surface area contributed by atoms with Crippen molar-refractivity contribution in [2.45, 2.75) is 6.29 Å². The summed E-state index contributed by atoms with van der Waals surface area (Å²) >= 11 is 0. The molecule has 0 saturated carbocycles. The van der Waals surface area contributed by atoms with Crippen molar-refractivity contribution in [2.75, 3.05) is 0 Å². The van der Waals surface area contributed by atoms with Crippen LogP contribution in [-0.2, 0) is 4.79 Å². The van der Waals surface area contributed by atoms with Crippen LogP contribution in [0.25, 0.3) is 12.2 Å². The zero-order valence-electron chi connectivity index (χ0n) is 13.6. The molecule has 0 bridgehead atoms. The summed E-state index contributed by atoms with van der Waals surface area (Å²) in [5, 5.41) is 26.1. The third-order valence-electron chi connectivity index (χ3n) is 3.43. The maximum Gasteiger partial charge on any atom is 0.328 e. The van der Waals surface area contributed by atoms with E-state index in [1.807, 2.05) is 0 Å². The van der Waals surface area contributed by atoms with Crippen molar-refractivity contribution in [1.82, 2.24) is 0 Å². The second-order valence-electron chi connectivity index (χ2n) is 5.35. The molecule has 6 nitrogen and oxygen atoms in total. The lowest BCUT2D eigenvalue weighted by molar-refractivity contribution is -0.131.